The normalized spacial score (nSPS) is 19.2. The van der Waals surface area contributed by atoms with Gasteiger partial charge in [-0.05, 0) is 44.9 Å². The Morgan fingerprint density at radius 3 is 2.59 bits per heavy atom. The third-order valence-electron chi connectivity index (χ3n) is 3.80. The van der Waals surface area contributed by atoms with Gasteiger partial charge in [-0.15, -0.1) is 0 Å². The molecule has 1 aromatic carbocycles. The van der Waals surface area contributed by atoms with E-state index in [1.807, 2.05) is 27.8 Å². The highest BCUT2D eigenvalue weighted by Crippen LogP contribution is 2.20. The van der Waals surface area contributed by atoms with Gasteiger partial charge in [0, 0.05) is 37.2 Å². The van der Waals surface area contributed by atoms with Crippen LogP contribution in [0.1, 0.15) is 32.8 Å². The van der Waals surface area contributed by atoms with Gasteiger partial charge in [-0.2, -0.15) is 0 Å². The van der Waals surface area contributed by atoms with Crippen molar-refractivity contribution < 1.29 is 9.53 Å². The highest BCUT2D eigenvalue weighted by atomic mass is 79.9. The summed E-state index contributed by atoms with van der Waals surface area (Å²) in [7, 11) is 1.84. The summed E-state index contributed by atoms with van der Waals surface area (Å²) in [5.74, 6) is 0. The van der Waals surface area contributed by atoms with E-state index in [2.05, 4.69) is 45.1 Å². The van der Waals surface area contributed by atoms with Crippen LogP contribution in [0.5, 0.6) is 0 Å². The molecule has 1 saturated heterocycles. The monoisotopic (exact) mass is 368 g/mol. The zero-order valence-corrected chi connectivity index (χ0v) is 15.4. The van der Waals surface area contributed by atoms with Crippen molar-refractivity contribution in [1.82, 2.24) is 9.80 Å². The molecule has 0 unspecified atom stereocenters. The van der Waals surface area contributed by atoms with E-state index in [0.717, 1.165) is 30.5 Å². The SMILES string of the molecule is CN(C(=O)OC(C)(C)C)[C@H]1CCN(Cc2ccc(Br)cc2)C1. The van der Waals surface area contributed by atoms with E-state index >= 15 is 0 Å². The van der Waals surface area contributed by atoms with E-state index in [4.69, 9.17) is 4.74 Å². The number of likely N-dealkylation sites (tertiary alicyclic amines) is 1. The van der Waals surface area contributed by atoms with E-state index in [1.54, 1.807) is 4.90 Å². The number of benzene rings is 1. The van der Waals surface area contributed by atoms with E-state index < -0.39 is 5.60 Å². The number of hydrogen-bond acceptors (Lipinski definition) is 3. The van der Waals surface area contributed by atoms with Crippen LogP contribution in [0.4, 0.5) is 4.79 Å². The first-order valence-electron chi connectivity index (χ1n) is 7.67. The number of likely N-dealkylation sites (N-methyl/N-ethyl adjacent to an activating group) is 1. The average molecular weight is 369 g/mol. The van der Waals surface area contributed by atoms with Gasteiger partial charge in [0.25, 0.3) is 0 Å². The highest BCUT2D eigenvalue weighted by Gasteiger charge is 2.30. The Bertz CT molecular complexity index is 510. The Morgan fingerprint density at radius 2 is 2.00 bits per heavy atom. The third-order valence-corrected chi connectivity index (χ3v) is 4.32. The van der Waals surface area contributed by atoms with Gasteiger partial charge >= 0.3 is 6.09 Å². The molecule has 5 heteroatoms. The second-order valence-electron chi connectivity index (χ2n) is 6.90. The molecule has 0 radical (unpaired) electrons. The fourth-order valence-corrected chi connectivity index (χ4v) is 2.87. The molecule has 0 saturated carbocycles. The summed E-state index contributed by atoms with van der Waals surface area (Å²) >= 11 is 3.45. The van der Waals surface area contributed by atoms with Crippen molar-refractivity contribution >= 4 is 22.0 Å². The maximum atomic E-state index is 12.1. The fourth-order valence-electron chi connectivity index (χ4n) is 2.60. The second-order valence-corrected chi connectivity index (χ2v) is 7.81. The van der Waals surface area contributed by atoms with Crippen molar-refractivity contribution in [1.29, 1.82) is 0 Å². The fraction of sp³-hybridized carbons (Fsp3) is 0.588. The van der Waals surface area contributed by atoms with Crippen molar-refractivity contribution in [2.45, 2.75) is 45.4 Å². The van der Waals surface area contributed by atoms with Crippen LogP contribution in [-0.2, 0) is 11.3 Å². The maximum absolute atomic E-state index is 12.1. The summed E-state index contributed by atoms with van der Waals surface area (Å²) in [6.45, 7) is 8.51. The van der Waals surface area contributed by atoms with Gasteiger partial charge in [0.15, 0.2) is 0 Å². The van der Waals surface area contributed by atoms with E-state index in [9.17, 15) is 4.79 Å². The van der Waals surface area contributed by atoms with Crippen LogP contribution in [0.3, 0.4) is 0 Å². The van der Waals surface area contributed by atoms with E-state index in [-0.39, 0.29) is 12.1 Å². The van der Waals surface area contributed by atoms with Crippen LogP contribution in [0, 0.1) is 0 Å². The van der Waals surface area contributed by atoms with Gasteiger partial charge in [0.2, 0.25) is 0 Å². The summed E-state index contributed by atoms with van der Waals surface area (Å²) in [6, 6.07) is 8.63. The number of hydrogen-bond donors (Lipinski definition) is 0. The lowest BCUT2D eigenvalue weighted by Crippen LogP contribution is -2.42. The third kappa shape index (κ3) is 4.99. The summed E-state index contributed by atoms with van der Waals surface area (Å²) < 4.78 is 6.54. The number of nitrogens with zero attached hydrogens (tertiary/aromatic N) is 2. The molecule has 1 fully saturated rings. The zero-order chi connectivity index (χ0) is 16.3. The Balaban J connectivity index is 1.86. The molecule has 0 N–H and O–H groups in total. The molecule has 22 heavy (non-hydrogen) atoms. The molecule has 0 aliphatic carbocycles. The molecule has 2 rings (SSSR count). The molecule has 1 aliphatic heterocycles. The lowest BCUT2D eigenvalue weighted by molar-refractivity contribution is 0.0228. The van der Waals surface area contributed by atoms with Crippen LogP contribution >= 0.6 is 15.9 Å². The first kappa shape index (κ1) is 17.3. The quantitative estimate of drug-likeness (QED) is 0.811. The largest absolute Gasteiger partial charge is 0.444 e. The predicted molar refractivity (Wildman–Crippen MR) is 91.8 cm³/mol. The number of carbonyl (C=O) groups excluding carboxylic acids is 1. The van der Waals surface area contributed by atoms with Gasteiger partial charge in [0.05, 0.1) is 0 Å². The molecular formula is C17H25BrN2O2. The van der Waals surface area contributed by atoms with Gasteiger partial charge in [0.1, 0.15) is 5.60 Å². The number of halogens is 1. The molecule has 4 nitrogen and oxygen atoms in total. The van der Waals surface area contributed by atoms with Gasteiger partial charge in [-0.3, -0.25) is 4.90 Å². The molecular weight excluding hydrogens is 344 g/mol. The Morgan fingerprint density at radius 1 is 1.36 bits per heavy atom. The van der Waals surface area contributed by atoms with Crippen LogP contribution < -0.4 is 0 Å². The minimum absolute atomic E-state index is 0.227. The zero-order valence-electron chi connectivity index (χ0n) is 13.8. The topological polar surface area (TPSA) is 32.8 Å². The molecule has 1 atom stereocenters. The predicted octanol–water partition coefficient (Wildman–Crippen LogP) is 3.89. The number of rotatable bonds is 3. The van der Waals surface area contributed by atoms with Crippen molar-refractivity contribution in [2.75, 3.05) is 20.1 Å². The highest BCUT2D eigenvalue weighted by molar-refractivity contribution is 9.10. The van der Waals surface area contributed by atoms with Gasteiger partial charge < -0.3 is 9.64 Å². The van der Waals surface area contributed by atoms with Crippen LogP contribution in [-0.4, -0.2) is 47.7 Å². The molecule has 1 aromatic rings. The molecule has 1 amide bonds. The van der Waals surface area contributed by atoms with Crippen molar-refractivity contribution in [3.05, 3.63) is 34.3 Å². The standard InChI is InChI=1S/C17H25BrN2O2/c1-17(2,3)22-16(21)19(4)15-9-10-20(12-15)11-13-5-7-14(18)8-6-13/h5-8,15H,9-12H2,1-4H3/t15-/m0/s1. The van der Waals surface area contributed by atoms with Crippen LogP contribution in [0.2, 0.25) is 0 Å². The maximum Gasteiger partial charge on any atom is 0.410 e. The first-order valence-corrected chi connectivity index (χ1v) is 8.46. The molecule has 0 bridgehead atoms. The van der Waals surface area contributed by atoms with Crippen LogP contribution in [0.25, 0.3) is 0 Å². The molecule has 0 aromatic heterocycles. The lowest BCUT2D eigenvalue weighted by Gasteiger charge is -2.28. The summed E-state index contributed by atoms with van der Waals surface area (Å²) in [4.78, 5) is 16.3. The molecule has 1 heterocycles. The first-order chi connectivity index (χ1) is 10.2. The Kier molecular flexibility index (Phi) is 5.50. The molecule has 1 aliphatic rings. The Labute approximate surface area is 141 Å². The van der Waals surface area contributed by atoms with Gasteiger partial charge in [-0.1, -0.05) is 28.1 Å². The minimum atomic E-state index is -0.443. The number of ether oxygens (including phenoxy) is 1. The number of carbonyl (C=O) groups is 1. The second kappa shape index (κ2) is 7.01. The average Bonchev–Trinajstić information content (AvgIpc) is 2.87. The molecule has 122 valence electrons. The van der Waals surface area contributed by atoms with Crippen LogP contribution in [0.15, 0.2) is 28.7 Å². The smallest absolute Gasteiger partial charge is 0.410 e. The van der Waals surface area contributed by atoms with Gasteiger partial charge in [-0.25, -0.2) is 4.79 Å². The summed E-state index contributed by atoms with van der Waals surface area (Å²) in [6.07, 6.45) is 0.759. The minimum Gasteiger partial charge on any atom is -0.444 e. The van der Waals surface area contributed by atoms with Crippen molar-refractivity contribution in [3.63, 3.8) is 0 Å². The lowest BCUT2D eigenvalue weighted by atomic mass is 10.2. The van der Waals surface area contributed by atoms with Crippen molar-refractivity contribution in [3.8, 4) is 0 Å². The summed E-state index contributed by atoms with van der Waals surface area (Å²) in [5.41, 5.74) is 0.852. The molecule has 0 spiro atoms. The summed E-state index contributed by atoms with van der Waals surface area (Å²) in [5, 5.41) is 0. The van der Waals surface area contributed by atoms with E-state index in [0.29, 0.717) is 0 Å². The Hall–Kier alpha value is -1.07. The van der Waals surface area contributed by atoms with Crippen molar-refractivity contribution in [2.24, 2.45) is 0 Å². The van der Waals surface area contributed by atoms with E-state index in [1.165, 1.54) is 5.56 Å². The number of amides is 1.